The van der Waals surface area contributed by atoms with Crippen LogP contribution in [0.2, 0.25) is 0 Å². The van der Waals surface area contributed by atoms with E-state index in [0.29, 0.717) is 11.3 Å². The second-order valence-electron chi connectivity index (χ2n) is 6.88. The summed E-state index contributed by atoms with van der Waals surface area (Å²) in [6, 6.07) is 8.25. The van der Waals surface area contributed by atoms with Gasteiger partial charge in [0.25, 0.3) is 5.91 Å². The Morgan fingerprint density at radius 3 is 2.43 bits per heavy atom. The number of hydrogen-bond donors (Lipinski definition) is 2. The van der Waals surface area contributed by atoms with E-state index in [2.05, 4.69) is 7.05 Å². The molecule has 0 aromatic heterocycles. The number of amides is 1. The number of methoxy groups -OCH3 is 1. The molecule has 2 saturated heterocycles. The molecular formula is C18H29N3O2+2. The standard InChI is InChI=1S/C18H27N3O2/c1-19-11-13-20(14-12-19)15-7-9-21(10-8-15)18(22)16-5-3-4-6-17(16)23-2/h3-6,15H,7-14H2,1-2H3/p+2. The van der Waals surface area contributed by atoms with E-state index in [1.54, 1.807) is 16.9 Å². The molecule has 126 valence electrons. The first kappa shape index (κ1) is 16.3. The third kappa shape index (κ3) is 3.67. The Hall–Kier alpha value is -1.59. The maximum Gasteiger partial charge on any atom is 0.257 e. The molecule has 0 radical (unpaired) electrons. The fraction of sp³-hybridized carbons (Fsp3) is 0.611. The number of likely N-dealkylation sites (tertiary alicyclic amines) is 1. The summed E-state index contributed by atoms with van der Waals surface area (Å²) in [7, 11) is 3.91. The zero-order valence-corrected chi connectivity index (χ0v) is 14.3. The largest absolute Gasteiger partial charge is 0.496 e. The number of benzene rings is 1. The summed E-state index contributed by atoms with van der Waals surface area (Å²) in [5, 5.41) is 0. The first-order valence-corrected chi connectivity index (χ1v) is 8.77. The molecule has 3 rings (SSSR count). The van der Waals surface area contributed by atoms with E-state index in [9.17, 15) is 4.79 Å². The molecule has 23 heavy (non-hydrogen) atoms. The molecule has 2 aliphatic heterocycles. The van der Waals surface area contributed by atoms with Crippen molar-refractivity contribution in [1.82, 2.24) is 4.90 Å². The predicted octanol–water partition coefficient (Wildman–Crippen LogP) is -1.29. The fourth-order valence-corrected chi connectivity index (χ4v) is 3.89. The van der Waals surface area contributed by atoms with Crippen molar-refractivity contribution in [3.8, 4) is 5.75 Å². The number of carbonyl (C=O) groups excluding carboxylic acids is 1. The lowest BCUT2D eigenvalue weighted by atomic mass is 10.0. The number of rotatable bonds is 3. The number of nitrogens with one attached hydrogen (secondary N) is 2. The monoisotopic (exact) mass is 319 g/mol. The van der Waals surface area contributed by atoms with Gasteiger partial charge in [-0.3, -0.25) is 4.79 Å². The van der Waals surface area contributed by atoms with Crippen LogP contribution in [0.5, 0.6) is 5.75 Å². The number of piperazine rings is 1. The van der Waals surface area contributed by atoms with Gasteiger partial charge in [0.15, 0.2) is 0 Å². The van der Waals surface area contributed by atoms with Gasteiger partial charge in [0.05, 0.1) is 25.8 Å². The van der Waals surface area contributed by atoms with Crippen LogP contribution in [0.1, 0.15) is 23.2 Å². The molecule has 0 bridgehead atoms. The van der Waals surface area contributed by atoms with E-state index in [4.69, 9.17) is 4.74 Å². The number of ether oxygens (including phenoxy) is 1. The SMILES string of the molecule is COc1ccccc1C(=O)N1CCC([NH+]2CC[NH+](C)CC2)CC1. The highest BCUT2D eigenvalue weighted by atomic mass is 16.5. The molecule has 2 N–H and O–H groups in total. The normalized spacial score (nSPS) is 26.1. The number of likely N-dealkylation sites (N-methyl/N-ethyl adjacent to an activating group) is 1. The quantitative estimate of drug-likeness (QED) is 0.728. The molecule has 0 unspecified atom stereocenters. The van der Waals surface area contributed by atoms with Crippen molar-refractivity contribution >= 4 is 5.91 Å². The van der Waals surface area contributed by atoms with Gasteiger partial charge in [0, 0.05) is 25.9 Å². The number of quaternary nitrogens is 2. The van der Waals surface area contributed by atoms with Gasteiger partial charge in [-0.1, -0.05) is 12.1 Å². The van der Waals surface area contributed by atoms with Crippen LogP contribution >= 0.6 is 0 Å². The summed E-state index contributed by atoms with van der Waals surface area (Å²) in [5.41, 5.74) is 0.684. The van der Waals surface area contributed by atoms with Crippen LogP contribution in [0.15, 0.2) is 24.3 Å². The van der Waals surface area contributed by atoms with Gasteiger partial charge >= 0.3 is 0 Å². The summed E-state index contributed by atoms with van der Waals surface area (Å²) in [4.78, 5) is 18.1. The zero-order valence-electron chi connectivity index (χ0n) is 14.3. The van der Waals surface area contributed by atoms with Crippen LogP contribution in [-0.2, 0) is 0 Å². The molecule has 0 spiro atoms. The van der Waals surface area contributed by atoms with Crippen molar-refractivity contribution in [3.05, 3.63) is 29.8 Å². The number of hydrogen-bond acceptors (Lipinski definition) is 2. The fourth-order valence-electron chi connectivity index (χ4n) is 3.89. The molecule has 2 aliphatic rings. The summed E-state index contributed by atoms with van der Waals surface area (Å²) >= 11 is 0. The maximum absolute atomic E-state index is 12.7. The Bertz CT molecular complexity index is 533. The van der Waals surface area contributed by atoms with Gasteiger partial charge < -0.3 is 19.4 Å². The predicted molar refractivity (Wildman–Crippen MR) is 89.2 cm³/mol. The van der Waals surface area contributed by atoms with E-state index in [0.717, 1.165) is 32.0 Å². The van der Waals surface area contributed by atoms with Crippen molar-refractivity contribution in [3.63, 3.8) is 0 Å². The average Bonchev–Trinajstić information content (AvgIpc) is 2.62. The number of para-hydroxylation sites is 1. The van der Waals surface area contributed by atoms with Gasteiger partial charge in [-0.15, -0.1) is 0 Å². The number of carbonyl (C=O) groups is 1. The second kappa shape index (κ2) is 7.32. The average molecular weight is 319 g/mol. The molecule has 0 saturated carbocycles. The van der Waals surface area contributed by atoms with Gasteiger partial charge in [-0.2, -0.15) is 0 Å². The Balaban J connectivity index is 1.57. The molecule has 1 aromatic rings. The van der Waals surface area contributed by atoms with Crippen LogP contribution in [0, 0.1) is 0 Å². The zero-order chi connectivity index (χ0) is 16.2. The topological polar surface area (TPSA) is 38.4 Å². The van der Waals surface area contributed by atoms with Crippen LogP contribution in [0.4, 0.5) is 0 Å². The molecule has 1 aromatic carbocycles. The Labute approximate surface area is 138 Å². The lowest BCUT2D eigenvalue weighted by Crippen LogP contribution is -3.28. The van der Waals surface area contributed by atoms with E-state index in [-0.39, 0.29) is 5.91 Å². The molecule has 0 aliphatic carbocycles. The van der Waals surface area contributed by atoms with E-state index < -0.39 is 0 Å². The van der Waals surface area contributed by atoms with Crippen LogP contribution < -0.4 is 14.5 Å². The van der Waals surface area contributed by atoms with E-state index in [1.807, 2.05) is 29.2 Å². The molecule has 1 amide bonds. The van der Waals surface area contributed by atoms with Gasteiger partial charge in [-0.05, 0) is 12.1 Å². The summed E-state index contributed by atoms with van der Waals surface area (Å²) < 4.78 is 5.33. The van der Waals surface area contributed by atoms with Crippen molar-refractivity contribution in [2.75, 3.05) is 53.4 Å². The highest BCUT2D eigenvalue weighted by Gasteiger charge is 2.33. The lowest BCUT2D eigenvalue weighted by Gasteiger charge is -2.38. The smallest absolute Gasteiger partial charge is 0.257 e. The Morgan fingerprint density at radius 1 is 1.13 bits per heavy atom. The molecule has 5 nitrogen and oxygen atoms in total. The summed E-state index contributed by atoms with van der Waals surface area (Å²) in [6.45, 7) is 6.83. The highest BCUT2D eigenvalue weighted by molar-refractivity contribution is 5.97. The summed E-state index contributed by atoms with van der Waals surface area (Å²) in [6.07, 6.45) is 2.24. The van der Waals surface area contributed by atoms with Crippen LogP contribution in [-0.4, -0.2) is 70.3 Å². The lowest BCUT2D eigenvalue weighted by molar-refractivity contribution is -1.02. The van der Waals surface area contributed by atoms with Gasteiger partial charge in [-0.25, -0.2) is 0 Å². The van der Waals surface area contributed by atoms with Gasteiger partial charge in [0.2, 0.25) is 0 Å². The van der Waals surface area contributed by atoms with E-state index in [1.165, 1.54) is 26.2 Å². The second-order valence-corrected chi connectivity index (χ2v) is 6.88. The maximum atomic E-state index is 12.7. The third-order valence-electron chi connectivity index (χ3n) is 5.44. The molecule has 5 heteroatoms. The minimum atomic E-state index is 0.110. The minimum Gasteiger partial charge on any atom is -0.496 e. The first-order chi connectivity index (χ1) is 11.2. The molecule has 2 heterocycles. The van der Waals surface area contributed by atoms with E-state index >= 15 is 0 Å². The van der Waals surface area contributed by atoms with Crippen LogP contribution in [0.25, 0.3) is 0 Å². The Kier molecular flexibility index (Phi) is 5.18. The molecule has 2 fully saturated rings. The third-order valence-corrected chi connectivity index (χ3v) is 5.44. The van der Waals surface area contributed by atoms with Crippen LogP contribution in [0.3, 0.4) is 0 Å². The molecular weight excluding hydrogens is 290 g/mol. The first-order valence-electron chi connectivity index (χ1n) is 8.77. The van der Waals surface area contributed by atoms with Crippen molar-refractivity contribution in [1.29, 1.82) is 0 Å². The number of nitrogens with zero attached hydrogens (tertiary/aromatic N) is 1. The van der Waals surface area contributed by atoms with Gasteiger partial charge in [0.1, 0.15) is 31.9 Å². The molecule has 0 atom stereocenters. The van der Waals surface area contributed by atoms with Crippen molar-refractivity contribution in [2.24, 2.45) is 0 Å². The van der Waals surface area contributed by atoms with Crippen molar-refractivity contribution < 1.29 is 19.3 Å². The highest BCUT2D eigenvalue weighted by Crippen LogP contribution is 2.21. The summed E-state index contributed by atoms with van der Waals surface area (Å²) in [5.74, 6) is 0.783. The number of piperidine rings is 1. The minimum absolute atomic E-state index is 0.110. The Morgan fingerprint density at radius 2 is 1.78 bits per heavy atom. The van der Waals surface area contributed by atoms with Crippen molar-refractivity contribution in [2.45, 2.75) is 18.9 Å².